The van der Waals surface area contributed by atoms with E-state index in [0.717, 1.165) is 50.7 Å². The molecular formula is C32H49N3O4. The third kappa shape index (κ3) is 24.6. The fourth-order valence-corrected chi connectivity index (χ4v) is 3.09. The summed E-state index contributed by atoms with van der Waals surface area (Å²) in [6.07, 6.45) is 34.9. The van der Waals surface area contributed by atoms with Gasteiger partial charge in [0.15, 0.2) is 0 Å². The largest absolute Gasteiger partial charge is 0.466 e. The summed E-state index contributed by atoms with van der Waals surface area (Å²) in [6, 6.07) is 0. The molecule has 0 radical (unpaired) electrons. The van der Waals surface area contributed by atoms with Gasteiger partial charge in [0.05, 0.1) is 13.3 Å². The van der Waals surface area contributed by atoms with Crippen molar-refractivity contribution in [2.45, 2.75) is 71.4 Å². The molecule has 0 saturated heterocycles. The third-order valence-electron chi connectivity index (χ3n) is 5.50. The van der Waals surface area contributed by atoms with Gasteiger partial charge in [-0.25, -0.2) is 4.79 Å². The van der Waals surface area contributed by atoms with Crippen LogP contribution in [0.3, 0.4) is 0 Å². The first-order chi connectivity index (χ1) is 18.9. The Labute approximate surface area is 236 Å². The first-order valence-electron chi connectivity index (χ1n) is 13.8. The minimum atomic E-state index is -0.581. The minimum Gasteiger partial charge on any atom is -0.466 e. The van der Waals surface area contributed by atoms with Crippen molar-refractivity contribution in [1.82, 2.24) is 15.5 Å². The Morgan fingerprint density at radius 3 is 1.74 bits per heavy atom. The second-order valence-electron chi connectivity index (χ2n) is 8.83. The van der Waals surface area contributed by atoms with Gasteiger partial charge in [-0.2, -0.15) is 0 Å². The van der Waals surface area contributed by atoms with Crippen molar-refractivity contribution in [2.24, 2.45) is 0 Å². The Balaban J connectivity index is 3.86. The molecule has 0 aromatic heterocycles. The van der Waals surface area contributed by atoms with E-state index in [0.29, 0.717) is 25.9 Å². The number of nitrogens with one attached hydrogen (secondary N) is 2. The van der Waals surface area contributed by atoms with Gasteiger partial charge in [-0.15, -0.1) is 0 Å². The molecule has 2 N–H and O–H groups in total. The molecule has 0 aliphatic carbocycles. The molecule has 0 spiro atoms. The number of likely N-dealkylation sites (N-methyl/N-ethyl adjacent to an activating group) is 1. The van der Waals surface area contributed by atoms with Crippen molar-refractivity contribution >= 4 is 17.8 Å². The smallest absolute Gasteiger partial charge is 0.330 e. The number of ether oxygens (including phenoxy) is 1. The Bertz CT molecular complexity index is 882. The van der Waals surface area contributed by atoms with Gasteiger partial charge in [0.2, 0.25) is 11.8 Å². The first kappa shape index (κ1) is 35.5. The molecule has 0 saturated carbocycles. The second-order valence-corrected chi connectivity index (χ2v) is 8.83. The quantitative estimate of drug-likeness (QED) is 0.0845. The van der Waals surface area contributed by atoms with Crippen LogP contribution in [0.25, 0.3) is 0 Å². The van der Waals surface area contributed by atoms with Crippen molar-refractivity contribution in [3.63, 3.8) is 0 Å². The molecule has 7 nitrogen and oxygen atoms in total. The molecule has 0 aromatic carbocycles. The highest BCUT2D eigenvalue weighted by atomic mass is 16.5. The maximum absolute atomic E-state index is 12.2. The van der Waals surface area contributed by atoms with E-state index in [1.807, 2.05) is 24.9 Å². The lowest BCUT2D eigenvalue weighted by molar-refractivity contribution is -0.135. The number of rotatable bonds is 21. The molecule has 0 aliphatic heterocycles. The van der Waals surface area contributed by atoms with Gasteiger partial charge in [0.25, 0.3) is 0 Å². The van der Waals surface area contributed by atoms with Crippen LogP contribution in [0.4, 0.5) is 0 Å². The standard InChI is InChI=1S/C32H49N3O4/c1-5-6-7-8-9-10-11-12-13-14-15-16-17-18-19-20-21-22-23-24-31(37)34-29(2)35(3)28-27-33-30(36)25-26-32(38)39-4/h6-7,9-10,12-13,15-16,18-19,21-22,25-26,29H,5,8,11,14,17,20,23-24,27-28H2,1-4H3,(H,33,36)(H,34,37). The molecule has 1 atom stereocenters. The highest BCUT2D eigenvalue weighted by Gasteiger charge is 2.11. The van der Waals surface area contributed by atoms with Gasteiger partial charge < -0.3 is 15.4 Å². The number of hydrogen-bond acceptors (Lipinski definition) is 5. The average molecular weight is 540 g/mol. The van der Waals surface area contributed by atoms with Crippen molar-refractivity contribution in [1.29, 1.82) is 0 Å². The Kier molecular flexibility index (Phi) is 23.9. The zero-order valence-electron chi connectivity index (χ0n) is 24.3. The molecule has 39 heavy (non-hydrogen) atoms. The van der Waals surface area contributed by atoms with Crippen LogP contribution in [0, 0.1) is 0 Å². The number of methoxy groups -OCH3 is 1. The summed E-state index contributed by atoms with van der Waals surface area (Å²) in [5.74, 6) is -0.969. The first-order valence-corrected chi connectivity index (χ1v) is 13.8. The molecule has 2 amide bonds. The van der Waals surface area contributed by atoms with Crippen LogP contribution in [-0.4, -0.2) is 56.1 Å². The van der Waals surface area contributed by atoms with E-state index in [1.54, 1.807) is 0 Å². The summed E-state index contributed by atoms with van der Waals surface area (Å²) in [5.41, 5.74) is 0. The van der Waals surface area contributed by atoms with Crippen LogP contribution in [0.5, 0.6) is 0 Å². The third-order valence-corrected chi connectivity index (χ3v) is 5.50. The highest BCUT2D eigenvalue weighted by Crippen LogP contribution is 1.99. The van der Waals surface area contributed by atoms with E-state index in [1.165, 1.54) is 7.11 Å². The van der Waals surface area contributed by atoms with E-state index in [-0.39, 0.29) is 18.0 Å². The monoisotopic (exact) mass is 539 g/mol. The summed E-state index contributed by atoms with van der Waals surface area (Å²) in [6.45, 7) is 4.98. The molecule has 0 heterocycles. The molecule has 0 aromatic rings. The normalized spacial score (nSPS) is 13.4. The SMILES string of the molecule is CCC=CCC=CCC=CCC=CCC=CCC=CCCC(=O)NC(C)N(C)CCNC(=O)C=CC(=O)OC. The summed E-state index contributed by atoms with van der Waals surface area (Å²) in [7, 11) is 3.12. The summed E-state index contributed by atoms with van der Waals surface area (Å²) in [4.78, 5) is 36.7. The van der Waals surface area contributed by atoms with Crippen molar-refractivity contribution in [3.8, 4) is 0 Å². The minimum absolute atomic E-state index is 0.0149. The molecule has 7 heteroatoms. The number of carbonyl (C=O) groups excluding carboxylic acids is 3. The molecule has 0 bridgehead atoms. The van der Waals surface area contributed by atoms with Gasteiger partial charge in [0, 0.05) is 31.7 Å². The number of hydrogen-bond donors (Lipinski definition) is 2. The number of carbonyl (C=O) groups is 3. The van der Waals surface area contributed by atoms with Crippen LogP contribution < -0.4 is 10.6 Å². The van der Waals surface area contributed by atoms with E-state index in [9.17, 15) is 14.4 Å². The van der Waals surface area contributed by atoms with E-state index >= 15 is 0 Å². The van der Waals surface area contributed by atoms with Crippen LogP contribution in [0.2, 0.25) is 0 Å². The van der Waals surface area contributed by atoms with Crippen molar-refractivity contribution in [3.05, 3.63) is 85.1 Å². The zero-order valence-corrected chi connectivity index (χ0v) is 24.3. The predicted molar refractivity (Wildman–Crippen MR) is 162 cm³/mol. The van der Waals surface area contributed by atoms with Gasteiger partial charge in [-0.3, -0.25) is 14.5 Å². The average Bonchev–Trinajstić information content (AvgIpc) is 2.92. The predicted octanol–water partition coefficient (Wildman–Crippen LogP) is 5.70. The lowest BCUT2D eigenvalue weighted by atomic mass is 10.2. The number of esters is 1. The van der Waals surface area contributed by atoms with Crippen LogP contribution in [0.1, 0.15) is 65.2 Å². The maximum Gasteiger partial charge on any atom is 0.330 e. The lowest BCUT2D eigenvalue weighted by Gasteiger charge is -2.25. The second kappa shape index (κ2) is 26.2. The Morgan fingerprint density at radius 1 is 0.769 bits per heavy atom. The van der Waals surface area contributed by atoms with Gasteiger partial charge in [0.1, 0.15) is 0 Å². The van der Waals surface area contributed by atoms with Gasteiger partial charge in [-0.05, 0) is 58.9 Å². The fraction of sp³-hybridized carbons (Fsp3) is 0.469. The topological polar surface area (TPSA) is 87.7 Å². The lowest BCUT2D eigenvalue weighted by Crippen LogP contribution is -2.46. The summed E-state index contributed by atoms with van der Waals surface area (Å²) >= 11 is 0. The Morgan fingerprint density at radius 2 is 1.26 bits per heavy atom. The van der Waals surface area contributed by atoms with Crippen LogP contribution >= 0.6 is 0 Å². The zero-order chi connectivity index (χ0) is 29.0. The Hall–Kier alpha value is -3.45. The van der Waals surface area contributed by atoms with E-state index in [2.05, 4.69) is 89.1 Å². The number of allylic oxidation sites excluding steroid dienone is 12. The number of amides is 2. The van der Waals surface area contributed by atoms with E-state index < -0.39 is 5.97 Å². The highest BCUT2D eigenvalue weighted by molar-refractivity contribution is 5.94. The van der Waals surface area contributed by atoms with Crippen molar-refractivity contribution < 1.29 is 19.1 Å². The van der Waals surface area contributed by atoms with Crippen LogP contribution in [-0.2, 0) is 19.1 Å². The van der Waals surface area contributed by atoms with E-state index in [4.69, 9.17) is 0 Å². The van der Waals surface area contributed by atoms with Gasteiger partial charge in [-0.1, -0.05) is 79.8 Å². The van der Waals surface area contributed by atoms with Crippen LogP contribution in [0.15, 0.2) is 85.1 Å². The molecule has 1 unspecified atom stereocenters. The molecular weight excluding hydrogens is 490 g/mol. The van der Waals surface area contributed by atoms with Crippen molar-refractivity contribution in [2.75, 3.05) is 27.2 Å². The summed E-state index contributed by atoms with van der Waals surface area (Å²) in [5, 5.41) is 5.64. The maximum atomic E-state index is 12.2. The number of nitrogens with zero attached hydrogens (tertiary/aromatic N) is 1. The molecule has 0 fully saturated rings. The fourth-order valence-electron chi connectivity index (χ4n) is 3.09. The summed E-state index contributed by atoms with van der Waals surface area (Å²) < 4.78 is 4.44. The molecule has 216 valence electrons. The molecule has 0 aliphatic rings. The molecule has 0 rings (SSSR count). The van der Waals surface area contributed by atoms with Gasteiger partial charge >= 0.3 is 5.97 Å².